The quantitative estimate of drug-likeness (QED) is 0.748. The molecular formula is C11H13BrClN. The SMILES string of the molecule is CC1(C)CCNc2c(Br)ccc(Cl)c21. The van der Waals surface area contributed by atoms with E-state index in [1.807, 2.05) is 12.1 Å². The second-order valence-corrected chi connectivity index (χ2v) is 5.60. The third-order valence-electron chi connectivity index (χ3n) is 2.83. The first kappa shape index (κ1) is 10.3. The molecule has 1 aliphatic heterocycles. The largest absolute Gasteiger partial charge is 0.384 e. The van der Waals surface area contributed by atoms with E-state index in [0.29, 0.717) is 0 Å². The maximum Gasteiger partial charge on any atom is 0.0537 e. The molecule has 0 atom stereocenters. The van der Waals surface area contributed by atoms with Crippen molar-refractivity contribution >= 4 is 33.2 Å². The van der Waals surface area contributed by atoms with Crippen LogP contribution in [-0.2, 0) is 5.41 Å². The van der Waals surface area contributed by atoms with Crippen LogP contribution >= 0.6 is 27.5 Å². The smallest absolute Gasteiger partial charge is 0.0537 e. The molecule has 76 valence electrons. The van der Waals surface area contributed by atoms with Crippen LogP contribution in [0.1, 0.15) is 25.8 Å². The van der Waals surface area contributed by atoms with Crippen molar-refractivity contribution in [2.45, 2.75) is 25.7 Å². The van der Waals surface area contributed by atoms with Crippen molar-refractivity contribution in [1.29, 1.82) is 0 Å². The van der Waals surface area contributed by atoms with Gasteiger partial charge in [0.05, 0.1) is 5.69 Å². The molecule has 0 saturated carbocycles. The van der Waals surface area contributed by atoms with E-state index >= 15 is 0 Å². The molecule has 1 heterocycles. The highest BCUT2D eigenvalue weighted by Crippen LogP contribution is 2.44. The predicted octanol–water partition coefficient (Wildman–Crippen LogP) is 4.20. The van der Waals surface area contributed by atoms with Gasteiger partial charge in [-0.05, 0) is 39.9 Å². The van der Waals surface area contributed by atoms with Crippen molar-refractivity contribution in [3.63, 3.8) is 0 Å². The first-order valence-electron chi connectivity index (χ1n) is 4.75. The lowest BCUT2D eigenvalue weighted by Crippen LogP contribution is -2.28. The highest BCUT2D eigenvalue weighted by Gasteiger charge is 2.30. The van der Waals surface area contributed by atoms with Crippen LogP contribution in [0.25, 0.3) is 0 Å². The molecule has 0 saturated heterocycles. The van der Waals surface area contributed by atoms with E-state index in [9.17, 15) is 0 Å². The lowest BCUT2D eigenvalue weighted by Gasteiger charge is -2.34. The van der Waals surface area contributed by atoms with Gasteiger partial charge in [-0.25, -0.2) is 0 Å². The molecule has 1 aromatic carbocycles. The molecule has 1 aliphatic rings. The Labute approximate surface area is 98.0 Å². The Bertz CT molecular complexity index is 374. The Kier molecular flexibility index (Phi) is 2.52. The summed E-state index contributed by atoms with van der Waals surface area (Å²) >= 11 is 9.78. The van der Waals surface area contributed by atoms with Crippen LogP contribution in [0.15, 0.2) is 16.6 Å². The Morgan fingerprint density at radius 3 is 2.79 bits per heavy atom. The zero-order valence-electron chi connectivity index (χ0n) is 8.32. The number of hydrogen-bond acceptors (Lipinski definition) is 1. The van der Waals surface area contributed by atoms with Crippen LogP contribution < -0.4 is 5.32 Å². The molecule has 1 N–H and O–H groups in total. The second kappa shape index (κ2) is 3.42. The van der Waals surface area contributed by atoms with Gasteiger partial charge < -0.3 is 5.32 Å². The minimum absolute atomic E-state index is 0.168. The number of halogens is 2. The van der Waals surface area contributed by atoms with E-state index in [0.717, 1.165) is 28.1 Å². The molecule has 0 spiro atoms. The topological polar surface area (TPSA) is 12.0 Å². The minimum Gasteiger partial charge on any atom is -0.384 e. The van der Waals surface area contributed by atoms with Gasteiger partial charge in [0.2, 0.25) is 0 Å². The van der Waals surface area contributed by atoms with Crippen molar-refractivity contribution in [3.05, 3.63) is 27.2 Å². The zero-order chi connectivity index (χ0) is 10.3. The maximum atomic E-state index is 6.24. The fraction of sp³-hybridized carbons (Fsp3) is 0.455. The Balaban J connectivity index is 2.67. The summed E-state index contributed by atoms with van der Waals surface area (Å²) in [4.78, 5) is 0. The molecule has 1 aromatic rings. The highest BCUT2D eigenvalue weighted by atomic mass is 79.9. The van der Waals surface area contributed by atoms with Crippen molar-refractivity contribution in [2.75, 3.05) is 11.9 Å². The first-order chi connectivity index (χ1) is 6.52. The van der Waals surface area contributed by atoms with Crippen molar-refractivity contribution in [1.82, 2.24) is 0 Å². The molecule has 14 heavy (non-hydrogen) atoms. The van der Waals surface area contributed by atoms with E-state index in [-0.39, 0.29) is 5.41 Å². The van der Waals surface area contributed by atoms with Crippen molar-refractivity contribution < 1.29 is 0 Å². The molecule has 0 fully saturated rings. The summed E-state index contributed by atoms with van der Waals surface area (Å²) in [7, 11) is 0. The standard InChI is InChI=1S/C11H13BrClN/c1-11(2)5-6-14-10-7(12)3-4-8(13)9(10)11/h3-4,14H,5-6H2,1-2H3. The van der Waals surface area contributed by atoms with Crippen LogP contribution in [0, 0.1) is 0 Å². The highest BCUT2D eigenvalue weighted by molar-refractivity contribution is 9.10. The number of benzene rings is 1. The summed E-state index contributed by atoms with van der Waals surface area (Å²) < 4.78 is 1.10. The lowest BCUT2D eigenvalue weighted by molar-refractivity contribution is 0.482. The molecule has 2 rings (SSSR count). The molecule has 0 radical (unpaired) electrons. The van der Waals surface area contributed by atoms with Gasteiger partial charge >= 0.3 is 0 Å². The number of fused-ring (bicyclic) bond motifs is 1. The van der Waals surface area contributed by atoms with Gasteiger partial charge in [0.1, 0.15) is 0 Å². The molecule has 0 unspecified atom stereocenters. The van der Waals surface area contributed by atoms with E-state index in [4.69, 9.17) is 11.6 Å². The Hall–Kier alpha value is -0.210. The Morgan fingerprint density at radius 1 is 1.43 bits per heavy atom. The minimum atomic E-state index is 0.168. The zero-order valence-corrected chi connectivity index (χ0v) is 10.7. The number of rotatable bonds is 0. The molecule has 0 aromatic heterocycles. The van der Waals surface area contributed by atoms with E-state index in [1.54, 1.807) is 0 Å². The number of nitrogens with one attached hydrogen (secondary N) is 1. The summed E-state index contributed by atoms with van der Waals surface area (Å²) in [5.74, 6) is 0. The van der Waals surface area contributed by atoms with Gasteiger partial charge in [0, 0.05) is 21.6 Å². The third-order valence-corrected chi connectivity index (χ3v) is 3.81. The fourth-order valence-corrected chi connectivity index (χ4v) is 2.90. The van der Waals surface area contributed by atoms with Gasteiger partial charge in [0.25, 0.3) is 0 Å². The predicted molar refractivity (Wildman–Crippen MR) is 65.3 cm³/mol. The number of hydrogen-bond donors (Lipinski definition) is 1. The summed E-state index contributed by atoms with van der Waals surface area (Å²) in [6, 6.07) is 3.95. The average molecular weight is 275 g/mol. The molecule has 1 nitrogen and oxygen atoms in total. The third kappa shape index (κ3) is 1.55. The summed E-state index contributed by atoms with van der Waals surface area (Å²) in [5.41, 5.74) is 2.56. The van der Waals surface area contributed by atoms with Crippen LogP contribution in [0.2, 0.25) is 5.02 Å². The van der Waals surface area contributed by atoms with Crippen LogP contribution in [0.5, 0.6) is 0 Å². The van der Waals surface area contributed by atoms with Gasteiger partial charge in [-0.3, -0.25) is 0 Å². The van der Waals surface area contributed by atoms with E-state index < -0.39 is 0 Å². The summed E-state index contributed by atoms with van der Waals surface area (Å²) in [5, 5.41) is 4.26. The van der Waals surface area contributed by atoms with E-state index in [2.05, 4.69) is 35.1 Å². The maximum absolute atomic E-state index is 6.24. The van der Waals surface area contributed by atoms with Crippen LogP contribution in [-0.4, -0.2) is 6.54 Å². The van der Waals surface area contributed by atoms with E-state index in [1.165, 1.54) is 5.56 Å². The van der Waals surface area contributed by atoms with Gasteiger partial charge in [-0.2, -0.15) is 0 Å². The molecule has 0 aliphatic carbocycles. The summed E-state index contributed by atoms with van der Waals surface area (Å²) in [6.07, 6.45) is 1.12. The van der Waals surface area contributed by atoms with Gasteiger partial charge in [-0.15, -0.1) is 0 Å². The van der Waals surface area contributed by atoms with Crippen molar-refractivity contribution in [3.8, 4) is 0 Å². The van der Waals surface area contributed by atoms with Gasteiger partial charge in [0.15, 0.2) is 0 Å². The van der Waals surface area contributed by atoms with Crippen molar-refractivity contribution in [2.24, 2.45) is 0 Å². The second-order valence-electron chi connectivity index (χ2n) is 4.34. The number of anilines is 1. The Morgan fingerprint density at radius 2 is 2.14 bits per heavy atom. The average Bonchev–Trinajstić information content (AvgIpc) is 2.10. The van der Waals surface area contributed by atoms with Gasteiger partial charge in [-0.1, -0.05) is 25.4 Å². The summed E-state index contributed by atoms with van der Waals surface area (Å²) in [6.45, 7) is 5.49. The fourth-order valence-electron chi connectivity index (χ4n) is 2.01. The lowest BCUT2D eigenvalue weighted by atomic mass is 9.78. The molecule has 0 amide bonds. The molecule has 3 heteroatoms. The normalized spacial score (nSPS) is 18.6. The first-order valence-corrected chi connectivity index (χ1v) is 5.92. The molecular weight excluding hydrogens is 261 g/mol. The molecule has 0 bridgehead atoms. The van der Waals surface area contributed by atoms with Crippen LogP contribution in [0.4, 0.5) is 5.69 Å². The monoisotopic (exact) mass is 273 g/mol. The van der Waals surface area contributed by atoms with Crippen LogP contribution in [0.3, 0.4) is 0 Å².